The van der Waals surface area contributed by atoms with Crippen molar-refractivity contribution in [2.45, 2.75) is 44.6 Å². The number of rotatable bonds is 3. The van der Waals surface area contributed by atoms with Crippen molar-refractivity contribution in [2.24, 2.45) is 0 Å². The van der Waals surface area contributed by atoms with Gasteiger partial charge in [0.2, 0.25) is 5.91 Å². The van der Waals surface area contributed by atoms with Crippen LogP contribution in [0.15, 0.2) is 24.7 Å². The third-order valence-corrected chi connectivity index (χ3v) is 5.09. The normalized spacial score (nSPS) is 18.4. The van der Waals surface area contributed by atoms with Gasteiger partial charge in [-0.3, -0.25) is 4.79 Å². The van der Waals surface area contributed by atoms with E-state index in [0.717, 1.165) is 38.1 Å². The Labute approximate surface area is 166 Å². The molecule has 3 N–H and O–H groups in total. The van der Waals surface area contributed by atoms with Crippen molar-refractivity contribution in [1.29, 1.82) is 0 Å². The minimum absolute atomic E-state index is 0.0206. The van der Waals surface area contributed by atoms with E-state index in [-0.39, 0.29) is 23.6 Å². The maximum absolute atomic E-state index is 14.4. The molecule has 1 fully saturated rings. The van der Waals surface area contributed by atoms with E-state index in [4.69, 9.17) is 0 Å². The lowest BCUT2D eigenvalue weighted by atomic mass is 10.0. The Morgan fingerprint density at radius 3 is 2.90 bits per heavy atom. The van der Waals surface area contributed by atoms with Crippen LogP contribution >= 0.6 is 0 Å². The predicted octanol–water partition coefficient (Wildman–Crippen LogP) is 3.55. The van der Waals surface area contributed by atoms with Crippen molar-refractivity contribution < 1.29 is 13.6 Å². The van der Waals surface area contributed by atoms with Gasteiger partial charge in [-0.05, 0) is 25.3 Å². The Hall–Kier alpha value is -3.10. The smallest absolute Gasteiger partial charge is 0.219 e. The van der Waals surface area contributed by atoms with E-state index >= 15 is 0 Å². The number of aromatic nitrogens is 4. The number of hydrogen-bond acceptors (Lipinski definition) is 5. The predicted molar refractivity (Wildman–Crippen MR) is 105 cm³/mol. The Morgan fingerprint density at radius 1 is 1.10 bits per heavy atom. The van der Waals surface area contributed by atoms with Gasteiger partial charge in [0.15, 0.2) is 17.5 Å². The summed E-state index contributed by atoms with van der Waals surface area (Å²) in [6, 6.07) is 1.32. The average molecular weight is 400 g/mol. The summed E-state index contributed by atoms with van der Waals surface area (Å²) in [4.78, 5) is 27.0. The number of H-pyrrole nitrogens is 1. The highest BCUT2D eigenvalue weighted by atomic mass is 19.1. The standard InChI is InChI=1S/C20H22F2N6O/c21-12-8-14-15(10-25-18(14)24-9-12)19-26-11-16(22)20(28-19)27-13-4-2-1-3-5-17(29)23-7-6-13/h8-11,13H,1-7H2,(H,23,29)(H,24,25)(H,26,27,28)/t13-/m0/s1. The van der Waals surface area contributed by atoms with Crippen LogP contribution in [0.3, 0.4) is 0 Å². The number of amides is 1. The van der Waals surface area contributed by atoms with Crippen molar-refractivity contribution in [3.05, 3.63) is 36.3 Å². The highest BCUT2D eigenvalue weighted by Gasteiger charge is 2.17. The first-order valence-electron chi connectivity index (χ1n) is 9.79. The van der Waals surface area contributed by atoms with Crippen molar-refractivity contribution in [1.82, 2.24) is 25.3 Å². The summed E-state index contributed by atoms with van der Waals surface area (Å²) < 4.78 is 28.0. The molecule has 0 saturated carbocycles. The Bertz CT molecular complexity index is 1020. The molecule has 7 nitrogen and oxygen atoms in total. The zero-order valence-electron chi connectivity index (χ0n) is 15.8. The first-order chi connectivity index (χ1) is 14.1. The van der Waals surface area contributed by atoms with Gasteiger partial charge in [0.05, 0.1) is 12.4 Å². The van der Waals surface area contributed by atoms with E-state index in [2.05, 4.69) is 30.6 Å². The van der Waals surface area contributed by atoms with E-state index in [1.54, 1.807) is 6.20 Å². The monoisotopic (exact) mass is 400 g/mol. The van der Waals surface area contributed by atoms with Gasteiger partial charge in [0.1, 0.15) is 11.5 Å². The largest absolute Gasteiger partial charge is 0.365 e. The summed E-state index contributed by atoms with van der Waals surface area (Å²) in [5, 5.41) is 6.59. The van der Waals surface area contributed by atoms with Crippen LogP contribution in [0, 0.1) is 11.6 Å². The zero-order chi connectivity index (χ0) is 20.2. The van der Waals surface area contributed by atoms with Gasteiger partial charge < -0.3 is 15.6 Å². The lowest BCUT2D eigenvalue weighted by Crippen LogP contribution is -2.31. The molecule has 0 aliphatic carbocycles. The number of fused-ring (bicyclic) bond motifs is 1. The molecule has 4 rings (SSSR count). The first kappa shape index (κ1) is 19.2. The summed E-state index contributed by atoms with van der Waals surface area (Å²) >= 11 is 0. The summed E-state index contributed by atoms with van der Waals surface area (Å²) in [5.41, 5.74) is 1.06. The van der Waals surface area contributed by atoms with E-state index in [0.29, 0.717) is 36.0 Å². The molecule has 29 heavy (non-hydrogen) atoms. The fourth-order valence-corrected chi connectivity index (χ4v) is 3.57. The fraction of sp³-hybridized carbons (Fsp3) is 0.400. The number of anilines is 1. The minimum Gasteiger partial charge on any atom is -0.365 e. The van der Waals surface area contributed by atoms with Gasteiger partial charge in [-0.15, -0.1) is 0 Å². The van der Waals surface area contributed by atoms with E-state index < -0.39 is 11.6 Å². The first-order valence-corrected chi connectivity index (χ1v) is 9.79. The van der Waals surface area contributed by atoms with Crippen LogP contribution in [-0.2, 0) is 4.79 Å². The second-order valence-corrected chi connectivity index (χ2v) is 7.22. The van der Waals surface area contributed by atoms with Crippen molar-refractivity contribution in [3.8, 4) is 11.4 Å². The van der Waals surface area contributed by atoms with Gasteiger partial charge in [-0.2, -0.15) is 0 Å². The Morgan fingerprint density at radius 2 is 2.00 bits per heavy atom. The van der Waals surface area contributed by atoms with E-state index in [9.17, 15) is 13.6 Å². The summed E-state index contributed by atoms with van der Waals surface area (Å²) in [6.07, 6.45) is 8.72. The quantitative estimate of drug-likeness (QED) is 0.625. The molecule has 0 aromatic carbocycles. The van der Waals surface area contributed by atoms with Crippen LogP contribution in [0.2, 0.25) is 0 Å². The molecular formula is C20H22F2N6O. The van der Waals surface area contributed by atoms with Crippen LogP contribution in [0.25, 0.3) is 22.4 Å². The molecule has 3 aromatic rings. The minimum atomic E-state index is -0.556. The summed E-state index contributed by atoms with van der Waals surface area (Å²) in [7, 11) is 0. The van der Waals surface area contributed by atoms with Gasteiger partial charge in [0.25, 0.3) is 0 Å². The molecule has 152 valence electrons. The number of carbonyl (C=O) groups is 1. The molecule has 0 spiro atoms. The third-order valence-electron chi connectivity index (χ3n) is 5.09. The zero-order valence-corrected chi connectivity index (χ0v) is 15.8. The average Bonchev–Trinajstić information content (AvgIpc) is 3.12. The van der Waals surface area contributed by atoms with Crippen molar-refractivity contribution in [3.63, 3.8) is 0 Å². The number of nitrogens with zero attached hydrogens (tertiary/aromatic N) is 3. The highest BCUT2D eigenvalue weighted by Crippen LogP contribution is 2.27. The van der Waals surface area contributed by atoms with Crippen LogP contribution in [-0.4, -0.2) is 38.4 Å². The number of aromatic amines is 1. The molecule has 3 aromatic heterocycles. The van der Waals surface area contributed by atoms with E-state index in [1.807, 2.05) is 0 Å². The van der Waals surface area contributed by atoms with Gasteiger partial charge in [0, 0.05) is 36.2 Å². The van der Waals surface area contributed by atoms with Gasteiger partial charge in [-0.1, -0.05) is 12.8 Å². The summed E-state index contributed by atoms with van der Waals surface area (Å²) in [6.45, 7) is 0.531. The topological polar surface area (TPSA) is 95.6 Å². The molecule has 9 heteroatoms. The van der Waals surface area contributed by atoms with Gasteiger partial charge >= 0.3 is 0 Å². The van der Waals surface area contributed by atoms with Crippen LogP contribution in [0.4, 0.5) is 14.6 Å². The molecule has 1 atom stereocenters. The Kier molecular flexibility index (Phi) is 5.64. The number of pyridine rings is 1. The van der Waals surface area contributed by atoms with Crippen LogP contribution in [0.5, 0.6) is 0 Å². The molecule has 0 radical (unpaired) electrons. The van der Waals surface area contributed by atoms with Crippen LogP contribution in [0.1, 0.15) is 38.5 Å². The molecule has 1 amide bonds. The lowest BCUT2D eigenvalue weighted by molar-refractivity contribution is -0.121. The number of nitrogens with one attached hydrogen (secondary N) is 3. The third kappa shape index (κ3) is 4.49. The maximum atomic E-state index is 14.4. The molecule has 1 aliphatic rings. The lowest BCUT2D eigenvalue weighted by Gasteiger charge is -2.21. The second-order valence-electron chi connectivity index (χ2n) is 7.22. The highest BCUT2D eigenvalue weighted by molar-refractivity contribution is 5.91. The molecule has 0 unspecified atom stereocenters. The second kappa shape index (κ2) is 8.50. The Balaban J connectivity index is 1.57. The number of halogens is 2. The number of carbonyl (C=O) groups excluding carboxylic acids is 1. The van der Waals surface area contributed by atoms with Crippen molar-refractivity contribution >= 4 is 22.8 Å². The van der Waals surface area contributed by atoms with Gasteiger partial charge in [-0.25, -0.2) is 23.7 Å². The summed E-state index contributed by atoms with van der Waals surface area (Å²) in [5.74, 6) is -0.592. The molecule has 0 bridgehead atoms. The van der Waals surface area contributed by atoms with Crippen LogP contribution < -0.4 is 10.6 Å². The molecular weight excluding hydrogens is 378 g/mol. The van der Waals surface area contributed by atoms with E-state index in [1.165, 1.54) is 6.07 Å². The number of hydrogen-bond donors (Lipinski definition) is 3. The molecule has 1 saturated heterocycles. The fourth-order valence-electron chi connectivity index (χ4n) is 3.57. The SMILES string of the molecule is O=C1CCCCC[C@H](Nc2nc(-c3c[nH]c4ncc(F)cc34)ncc2F)CCN1. The molecule has 1 aliphatic heterocycles. The maximum Gasteiger partial charge on any atom is 0.219 e. The molecule has 4 heterocycles. The van der Waals surface area contributed by atoms with Crippen molar-refractivity contribution in [2.75, 3.05) is 11.9 Å².